The normalized spacial score (nSPS) is 25.0. The Bertz CT molecular complexity index is 431. The first kappa shape index (κ1) is 19.2. The average Bonchev–Trinajstić information content (AvgIpc) is 2.36. The molecule has 0 aromatic carbocycles. The van der Waals surface area contributed by atoms with Crippen LogP contribution in [0.1, 0.15) is 6.92 Å². The largest absolute Gasteiger partial charge is 0.389 e. The zero-order chi connectivity index (χ0) is 16.3. The predicted octanol–water partition coefficient (Wildman–Crippen LogP) is -1.27. The van der Waals surface area contributed by atoms with Gasteiger partial charge in [-0.25, -0.2) is 0 Å². The molecular formula is C9H21NO9P2. The van der Waals surface area contributed by atoms with Crippen molar-refractivity contribution in [1.82, 2.24) is 4.90 Å². The van der Waals surface area contributed by atoms with Crippen LogP contribution >= 0.6 is 15.2 Å². The molecule has 126 valence electrons. The molecule has 0 radical (unpaired) electrons. The molecule has 0 saturated carbocycles. The van der Waals surface area contributed by atoms with E-state index in [-0.39, 0.29) is 6.54 Å². The highest BCUT2D eigenvalue weighted by molar-refractivity contribution is 7.72. The molecule has 21 heavy (non-hydrogen) atoms. The molecule has 1 heterocycles. The molecule has 10 nitrogen and oxygen atoms in total. The van der Waals surface area contributed by atoms with Crippen molar-refractivity contribution in [2.45, 2.75) is 18.1 Å². The summed E-state index contributed by atoms with van der Waals surface area (Å²) in [4.78, 5) is 29.1. The fourth-order valence-electron chi connectivity index (χ4n) is 1.61. The van der Waals surface area contributed by atoms with Crippen molar-refractivity contribution in [1.29, 1.82) is 0 Å². The minimum atomic E-state index is -5.28. The number of hydrogen-bond acceptors (Lipinski definition) is 7. The number of nitrogens with zero attached hydrogens (tertiary/aromatic N) is 1. The van der Waals surface area contributed by atoms with Gasteiger partial charge >= 0.3 is 15.2 Å². The number of aliphatic hydroxyl groups is 2. The summed E-state index contributed by atoms with van der Waals surface area (Å²) in [6.45, 7) is 2.24. The summed E-state index contributed by atoms with van der Waals surface area (Å²) in [5.41, 5.74) is 0. The average molecular weight is 349 g/mol. The Labute approximate surface area is 122 Å². The van der Waals surface area contributed by atoms with Crippen LogP contribution in [0.3, 0.4) is 0 Å². The molecule has 3 atom stereocenters. The van der Waals surface area contributed by atoms with Crippen molar-refractivity contribution in [3.05, 3.63) is 0 Å². The van der Waals surface area contributed by atoms with Gasteiger partial charge in [-0.05, 0) is 6.92 Å². The minimum absolute atomic E-state index is 0.154. The standard InChI is InChI=1S/C9H21NO9P2/c1-9(12,20(13,14)15)21(16,17)19-7-8(11)6-10-2-4-18-5-3-10/h8,11-12H,2-7H2,1H3,(H,16,17)(H2,13,14,15)/t8-,9+/m1/s1. The molecule has 1 rings (SSSR count). The molecule has 0 bridgehead atoms. The second kappa shape index (κ2) is 7.14. The first-order chi connectivity index (χ1) is 9.47. The Morgan fingerprint density at radius 3 is 2.29 bits per heavy atom. The molecule has 0 aromatic rings. The van der Waals surface area contributed by atoms with Crippen LogP contribution in [-0.4, -0.2) is 80.4 Å². The fourth-order valence-corrected chi connectivity index (χ4v) is 3.72. The van der Waals surface area contributed by atoms with Crippen molar-refractivity contribution < 1.29 is 43.3 Å². The van der Waals surface area contributed by atoms with E-state index in [9.17, 15) is 24.2 Å². The van der Waals surface area contributed by atoms with Crippen LogP contribution in [0.15, 0.2) is 0 Å². The number of β-amino-alcohol motifs (C(OH)–C–C–N with tert-alkyl or cyclic N) is 1. The molecule has 1 fully saturated rings. The molecular weight excluding hydrogens is 328 g/mol. The Kier molecular flexibility index (Phi) is 6.53. The lowest BCUT2D eigenvalue weighted by Crippen LogP contribution is -2.42. The first-order valence-electron chi connectivity index (χ1n) is 6.21. The summed E-state index contributed by atoms with van der Waals surface area (Å²) < 4.78 is 32.3. The summed E-state index contributed by atoms with van der Waals surface area (Å²) >= 11 is 0. The van der Waals surface area contributed by atoms with Gasteiger partial charge in [-0.2, -0.15) is 0 Å². The lowest BCUT2D eigenvalue weighted by atomic mass is 10.3. The summed E-state index contributed by atoms with van der Waals surface area (Å²) in [6, 6.07) is 0. The molecule has 0 aliphatic carbocycles. The number of hydrogen-bond donors (Lipinski definition) is 5. The third kappa shape index (κ3) is 5.07. The molecule has 1 aliphatic rings. The third-order valence-electron chi connectivity index (χ3n) is 3.10. The van der Waals surface area contributed by atoms with E-state index in [0.29, 0.717) is 33.2 Å². The van der Waals surface area contributed by atoms with Gasteiger partial charge in [0, 0.05) is 19.6 Å². The summed E-state index contributed by atoms with van der Waals surface area (Å²) in [7, 11) is -10.3. The quantitative estimate of drug-likeness (QED) is 0.351. The van der Waals surface area contributed by atoms with E-state index in [2.05, 4.69) is 4.52 Å². The smallest absolute Gasteiger partial charge is 0.371 e. The molecule has 1 saturated heterocycles. The number of aliphatic hydroxyl groups excluding tert-OH is 1. The lowest BCUT2D eigenvalue weighted by molar-refractivity contribution is 0.00158. The molecule has 0 amide bonds. The van der Waals surface area contributed by atoms with Gasteiger partial charge in [-0.3, -0.25) is 14.0 Å². The molecule has 12 heteroatoms. The van der Waals surface area contributed by atoms with Crippen LogP contribution < -0.4 is 0 Å². The van der Waals surface area contributed by atoms with Gasteiger partial charge in [-0.15, -0.1) is 0 Å². The summed E-state index contributed by atoms with van der Waals surface area (Å²) in [5.74, 6) is 0. The van der Waals surface area contributed by atoms with E-state index in [1.165, 1.54) is 0 Å². The van der Waals surface area contributed by atoms with E-state index in [4.69, 9.17) is 14.5 Å². The van der Waals surface area contributed by atoms with Crippen LogP contribution in [-0.2, 0) is 18.4 Å². The van der Waals surface area contributed by atoms with Gasteiger partial charge in [0.2, 0.25) is 0 Å². The highest BCUT2D eigenvalue weighted by Crippen LogP contribution is 2.69. The molecule has 0 spiro atoms. The van der Waals surface area contributed by atoms with E-state index in [0.717, 1.165) is 0 Å². The maximum Gasteiger partial charge on any atom is 0.371 e. The monoisotopic (exact) mass is 349 g/mol. The van der Waals surface area contributed by atoms with Crippen LogP contribution in [0.2, 0.25) is 0 Å². The minimum Gasteiger partial charge on any atom is -0.389 e. The topological polar surface area (TPSA) is 157 Å². The second-order valence-corrected chi connectivity index (χ2v) is 9.38. The number of ether oxygens (including phenoxy) is 1. The van der Waals surface area contributed by atoms with Crippen molar-refractivity contribution in [3.8, 4) is 0 Å². The van der Waals surface area contributed by atoms with Gasteiger partial charge in [0.05, 0.1) is 25.9 Å². The van der Waals surface area contributed by atoms with Crippen LogP contribution in [0.5, 0.6) is 0 Å². The first-order valence-corrected chi connectivity index (χ1v) is 9.40. The second-order valence-electron chi connectivity index (χ2n) is 4.90. The lowest BCUT2D eigenvalue weighted by Gasteiger charge is -2.31. The fraction of sp³-hybridized carbons (Fsp3) is 1.00. The van der Waals surface area contributed by atoms with Crippen molar-refractivity contribution in [3.63, 3.8) is 0 Å². The third-order valence-corrected chi connectivity index (χ3v) is 7.31. The van der Waals surface area contributed by atoms with Gasteiger partial charge in [0.15, 0.2) is 0 Å². The van der Waals surface area contributed by atoms with Crippen molar-refractivity contribution in [2.75, 3.05) is 39.5 Å². The van der Waals surface area contributed by atoms with E-state index < -0.39 is 33.0 Å². The maximum atomic E-state index is 11.7. The van der Waals surface area contributed by atoms with Gasteiger partial charge in [0.25, 0.3) is 5.08 Å². The SMILES string of the molecule is C[C@](O)(P(=O)(O)O)P(=O)(O)OC[C@H](O)CN1CCOCC1. The van der Waals surface area contributed by atoms with E-state index >= 15 is 0 Å². The van der Waals surface area contributed by atoms with Crippen LogP contribution in [0, 0.1) is 0 Å². The zero-order valence-corrected chi connectivity index (χ0v) is 13.3. The van der Waals surface area contributed by atoms with Gasteiger partial charge < -0.3 is 34.2 Å². The Balaban J connectivity index is 2.52. The van der Waals surface area contributed by atoms with E-state index in [1.807, 2.05) is 4.90 Å². The molecule has 1 unspecified atom stereocenters. The van der Waals surface area contributed by atoms with Crippen molar-refractivity contribution >= 4 is 15.2 Å². The Morgan fingerprint density at radius 1 is 1.29 bits per heavy atom. The van der Waals surface area contributed by atoms with Gasteiger partial charge in [0.1, 0.15) is 0 Å². The predicted molar refractivity (Wildman–Crippen MR) is 71.7 cm³/mol. The Morgan fingerprint density at radius 2 is 1.81 bits per heavy atom. The summed E-state index contributed by atoms with van der Waals surface area (Å²) in [5, 5.41) is 16.0. The summed E-state index contributed by atoms with van der Waals surface area (Å²) in [6.07, 6.45) is -1.14. The molecule has 0 aromatic heterocycles. The number of rotatable bonds is 7. The zero-order valence-electron chi connectivity index (χ0n) is 11.5. The molecule has 1 aliphatic heterocycles. The van der Waals surface area contributed by atoms with E-state index in [1.54, 1.807) is 0 Å². The number of morpholine rings is 1. The van der Waals surface area contributed by atoms with Crippen molar-refractivity contribution in [2.24, 2.45) is 0 Å². The maximum absolute atomic E-state index is 11.7. The highest BCUT2D eigenvalue weighted by Gasteiger charge is 2.57. The van der Waals surface area contributed by atoms with Crippen LogP contribution in [0.25, 0.3) is 0 Å². The highest BCUT2D eigenvalue weighted by atomic mass is 31.2. The Hall–Kier alpha value is 0.140. The van der Waals surface area contributed by atoms with Gasteiger partial charge in [-0.1, -0.05) is 0 Å². The van der Waals surface area contributed by atoms with Crippen LogP contribution in [0.4, 0.5) is 0 Å². The molecule has 5 N–H and O–H groups in total.